The van der Waals surface area contributed by atoms with Crippen LogP contribution in [-0.4, -0.2) is 24.1 Å². The summed E-state index contributed by atoms with van der Waals surface area (Å²) in [4.78, 5) is 12.1. The number of amidine groups is 2. The van der Waals surface area contributed by atoms with E-state index < -0.39 is 0 Å². The van der Waals surface area contributed by atoms with Crippen molar-refractivity contribution in [2.24, 2.45) is 11.5 Å². The first-order chi connectivity index (χ1) is 11.5. The smallest absolute Gasteiger partial charge is 0.163 e. The summed E-state index contributed by atoms with van der Waals surface area (Å²) < 4.78 is 5.58. The van der Waals surface area contributed by atoms with E-state index in [9.17, 15) is 4.79 Å². The van der Waals surface area contributed by atoms with Crippen molar-refractivity contribution in [2.75, 3.05) is 6.61 Å². The lowest BCUT2D eigenvalue weighted by Crippen LogP contribution is -2.11. The molecule has 0 spiro atoms. The van der Waals surface area contributed by atoms with Gasteiger partial charge in [0.15, 0.2) is 5.78 Å². The van der Waals surface area contributed by atoms with Crippen molar-refractivity contribution >= 4 is 17.5 Å². The van der Waals surface area contributed by atoms with Gasteiger partial charge in [0.1, 0.15) is 17.4 Å². The third-order valence-corrected chi connectivity index (χ3v) is 3.48. The number of nitrogens with two attached hydrogens (primary N) is 2. The highest BCUT2D eigenvalue weighted by atomic mass is 16.5. The van der Waals surface area contributed by atoms with E-state index in [1.54, 1.807) is 48.5 Å². The molecule has 0 aliphatic heterocycles. The van der Waals surface area contributed by atoms with E-state index in [-0.39, 0.29) is 17.5 Å². The fraction of sp³-hybridized carbons (Fsp3) is 0.167. The van der Waals surface area contributed by atoms with E-state index in [1.807, 2.05) is 0 Å². The van der Waals surface area contributed by atoms with E-state index in [4.69, 9.17) is 27.0 Å². The highest BCUT2D eigenvalue weighted by Crippen LogP contribution is 2.14. The van der Waals surface area contributed by atoms with Crippen molar-refractivity contribution in [3.63, 3.8) is 0 Å². The Morgan fingerprint density at radius 3 is 2.17 bits per heavy atom. The lowest BCUT2D eigenvalue weighted by molar-refractivity contribution is 0.0973. The van der Waals surface area contributed by atoms with Gasteiger partial charge in [-0.05, 0) is 18.6 Å². The number of hydrogen-bond acceptors (Lipinski definition) is 4. The summed E-state index contributed by atoms with van der Waals surface area (Å²) in [5.74, 6) is 0.618. The molecule has 0 heterocycles. The zero-order chi connectivity index (χ0) is 17.5. The Bertz CT molecular complexity index is 754. The molecule has 0 saturated carbocycles. The first-order valence-corrected chi connectivity index (χ1v) is 7.52. The summed E-state index contributed by atoms with van der Waals surface area (Å²) >= 11 is 0. The topological polar surface area (TPSA) is 126 Å². The predicted molar refractivity (Wildman–Crippen MR) is 94.0 cm³/mol. The molecule has 0 bridgehead atoms. The van der Waals surface area contributed by atoms with Gasteiger partial charge >= 0.3 is 0 Å². The molecule has 2 aromatic rings. The maximum atomic E-state index is 12.1. The van der Waals surface area contributed by atoms with Crippen LogP contribution in [0.2, 0.25) is 0 Å². The number of ether oxygens (including phenoxy) is 1. The number of nitrogen functional groups attached to an aromatic ring is 2. The first kappa shape index (κ1) is 17.2. The molecule has 2 aromatic carbocycles. The molecular weight excluding hydrogens is 304 g/mol. The third-order valence-electron chi connectivity index (χ3n) is 3.48. The monoisotopic (exact) mass is 324 g/mol. The number of Topliss-reactive ketones (excluding diaryl/α,β-unsaturated/α-hetero) is 1. The van der Waals surface area contributed by atoms with Gasteiger partial charge in [0.05, 0.1) is 6.61 Å². The van der Waals surface area contributed by atoms with Gasteiger partial charge in [-0.25, -0.2) is 0 Å². The second-order valence-electron chi connectivity index (χ2n) is 5.31. The molecule has 6 heteroatoms. The van der Waals surface area contributed by atoms with Gasteiger partial charge in [-0.1, -0.05) is 36.4 Å². The van der Waals surface area contributed by atoms with Crippen LogP contribution >= 0.6 is 0 Å². The van der Waals surface area contributed by atoms with Crippen LogP contribution in [0.5, 0.6) is 5.75 Å². The highest BCUT2D eigenvalue weighted by Gasteiger charge is 2.07. The number of ketones is 1. The molecule has 0 aliphatic rings. The van der Waals surface area contributed by atoms with Gasteiger partial charge < -0.3 is 16.2 Å². The summed E-state index contributed by atoms with van der Waals surface area (Å²) in [5.41, 5.74) is 12.6. The van der Waals surface area contributed by atoms with Crippen molar-refractivity contribution in [1.82, 2.24) is 0 Å². The summed E-state index contributed by atoms with van der Waals surface area (Å²) in [5, 5.41) is 14.7. The minimum absolute atomic E-state index is 0.00960. The summed E-state index contributed by atoms with van der Waals surface area (Å²) in [6, 6.07) is 13.7. The van der Waals surface area contributed by atoms with Crippen LogP contribution in [0.3, 0.4) is 0 Å². The van der Waals surface area contributed by atoms with Gasteiger partial charge in [0.25, 0.3) is 0 Å². The summed E-state index contributed by atoms with van der Waals surface area (Å²) in [6.07, 6.45) is 0.948. The van der Waals surface area contributed by atoms with E-state index >= 15 is 0 Å². The van der Waals surface area contributed by atoms with Gasteiger partial charge in [0, 0.05) is 23.1 Å². The molecule has 0 aromatic heterocycles. The summed E-state index contributed by atoms with van der Waals surface area (Å²) in [6.45, 7) is 0.401. The van der Waals surface area contributed by atoms with Gasteiger partial charge in [-0.2, -0.15) is 0 Å². The molecule has 6 N–H and O–H groups in total. The zero-order valence-corrected chi connectivity index (χ0v) is 13.2. The van der Waals surface area contributed by atoms with Crippen molar-refractivity contribution < 1.29 is 9.53 Å². The Morgan fingerprint density at radius 2 is 1.54 bits per heavy atom. The average Bonchev–Trinajstić information content (AvgIpc) is 2.59. The van der Waals surface area contributed by atoms with Gasteiger partial charge in [-0.15, -0.1) is 0 Å². The number of carbonyl (C=O) groups is 1. The van der Waals surface area contributed by atoms with Crippen molar-refractivity contribution in [3.05, 3.63) is 65.2 Å². The number of carbonyl (C=O) groups excluding carboxylic acids is 1. The molecule has 0 aliphatic carbocycles. The maximum absolute atomic E-state index is 12.1. The van der Waals surface area contributed by atoms with Crippen LogP contribution in [0.15, 0.2) is 48.5 Å². The predicted octanol–water partition coefficient (Wildman–Crippen LogP) is 2.30. The van der Waals surface area contributed by atoms with Crippen LogP contribution in [0.25, 0.3) is 0 Å². The number of nitrogens with one attached hydrogen (secondary N) is 2. The SMILES string of the molecule is N=C(N)c1ccc(C(=O)CCCOc2cccc(C(=N)N)c2)cc1. The molecule has 0 radical (unpaired) electrons. The Balaban J connectivity index is 1.81. The molecule has 0 saturated heterocycles. The fourth-order valence-corrected chi connectivity index (χ4v) is 2.16. The molecule has 0 amide bonds. The number of benzene rings is 2. The second kappa shape index (κ2) is 7.92. The van der Waals surface area contributed by atoms with Gasteiger partial charge in [-0.3, -0.25) is 15.6 Å². The van der Waals surface area contributed by atoms with Crippen LogP contribution in [0, 0.1) is 10.8 Å². The van der Waals surface area contributed by atoms with Crippen LogP contribution in [0.4, 0.5) is 0 Å². The second-order valence-corrected chi connectivity index (χ2v) is 5.31. The Morgan fingerprint density at radius 1 is 0.917 bits per heavy atom. The number of hydrogen-bond donors (Lipinski definition) is 4. The fourth-order valence-electron chi connectivity index (χ4n) is 2.16. The van der Waals surface area contributed by atoms with Gasteiger partial charge in [0.2, 0.25) is 0 Å². The normalized spacial score (nSPS) is 10.2. The van der Waals surface area contributed by atoms with Crippen molar-refractivity contribution in [3.8, 4) is 5.75 Å². The average molecular weight is 324 g/mol. The minimum Gasteiger partial charge on any atom is -0.494 e. The van der Waals surface area contributed by atoms with Crippen LogP contribution in [-0.2, 0) is 0 Å². The molecule has 0 atom stereocenters. The molecular formula is C18H20N4O2. The first-order valence-electron chi connectivity index (χ1n) is 7.52. The summed E-state index contributed by atoms with van der Waals surface area (Å²) in [7, 11) is 0. The molecule has 2 rings (SSSR count). The van der Waals surface area contributed by atoms with E-state index in [0.29, 0.717) is 41.9 Å². The van der Waals surface area contributed by atoms with Crippen molar-refractivity contribution in [1.29, 1.82) is 10.8 Å². The standard InChI is InChI=1S/C18H20N4O2/c19-17(20)13-8-6-12(7-9-13)16(23)5-2-10-24-15-4-1-3-14(11-15)18(21)22/h1,3-4,6-9,11H,2,5,10H2,(H3,19,20)(H3,21,22). The molecule has 0 unspecified atom stereocenters. The quantitative estimate of drug-likeness (QED) is 0.257. The molecule has 124 valence electrons. The van der Waals surface area contributed by atoms with E-state index in [2.05, 4.69) is 0 Å². The van der Waals surface area contributed by atoms with Crippen LogP contribution < -0.4 is 16.2 Å². The minimum atomic E-state index is -0.0183. The lowest BCUT2D eigenvalue weighted by atomic mass is 10.0. The Kier molecular flexibility index (Phi) is 5.68. The van der Waals surface area contributed by atoms with E-state index in [1.165, 1.54) is 0 Å². The van der Waals surface area contributed by atoms with Crippen LogP contribution in [0.1, 0.15) is 34.3 Å². The number of rotatable bonds is 8. The molecule has 0 fully saturated rings. The maximum Gasteiger partial charge on any atom is 0.163 e. The molecule has 6 nitrogen and oxygen atoms in total. The zero-order valence-electron chi connectivity index (χ0n) is 13.2. The van der Waals surface area contributed by atoms with Crippen molar-refractivity contribution in [2.45, 2.75) is 12.8 Å². The Hall–Kier alpha value is -3.15. The third kappa shape index (κ3) is 4.67. The van der Waals surface area contributed by atoms with E-state index in [0.717, 1.165) is 0 Å². The lowest BCUT2D eigenvalue weighted by Gasteiger charge is -2.07. The Labute approximate surface area is 140 Å². The highest BCUT2D eigenvalue weighted by molar-refractivity contribution is 5.99. The molecule has 24 heavy (non-hydrogen) atoms. The largest absolute Gasteiger partial charge is 0.494 e.